The van der Waals surface area contributed by atoms with Gasteiger partial charge in [-0.15, -0.1) is 0 Å². The van der Waals surface area contributed by atoms with Crippen LogP contribution >= 0.6 is 0 Å². The lowest BCUT2D eigenvalue weighted by Gasteiger charge is -2.28. The summed E-state index contributed by atoms with van der Waals surface area (Å²) >= 11 is 0. The quantitative estimate of drug-likeness (QED) is 0.171. The largest absolute Gasteiger partial charge is 0.507 e. The Balaban J connectivity index is 1.42. The third-order valence-electron chi connectivity index (χ3n) is 10.2. The van der Waals surface area contributed by atoms with Crippen molar-refractivity contribution < 1.29 is 5.11 Å². The number of phenols is 1. The van der Waals surface area contributed by atoms with Crippen molar-refractivity contribution in [3.63, 3.8) is 0 Å². The van der Waals surface area contributed by atoms with E-state index in [1.807, 2.05) is 42.6 Å². The van der Waals surface area contributed by atoms with Crippen molar-refractivity contribution in [3.8, 4) is 39.4 Å². The molecule has 1 atom stereocenters. The second-order valence-electron chi connectivity index (χ2n) is 16.2. The van der Waals surface area contributed by atoms with E-state index in [0.717, 1.165) is 50.8 Å². The average molecular weight is 708 g/mol. The lowest BCUT2D eigenvalue weighted by molar-refractivity contribution is 0.448. The summed E-state index contributed by atoms with van der Waals surface area (Å²) in [6.07, 6.45) is 1.85. The van der Waals surface area contributed by atoms with Gasteiger partial charge < -0.3 is 5.11 Å². The van der Waals surface area contributed by atoms with Gasteiger partial charge in [-0.2, -0.15) is 0 Å². The van der Waals surface area contributed by atoms with Crippen molar-refractivity contribution in [2.45, 2.75) is 65.2 Å². The van der Waals surface area contributed by atoms with Crippen LogP contribution in [0, 0.1) is 0 Å². The maximum Gasteiger partial charge on any atom is 0.137 e. The van der Waals surface area contributed by atoms with E-state index in [9.17, 15) is 5.11 Å². The van der Waals surface area contributed by atoms with Crippen LogP contribution in [0.25, 0.3) is 33.6 Å². The number of para-hydroxylation sites is 1. The maximum absolute atomic E-state index is 11.7. The molecule has 5 aromatic carbocycles. The topological polar surface area (TPSA) is 49.2 Å². The summed E-state index contributed by atoms with van der Waals surface area (Å²) in [4.78, 5) is 12.4. The molecule has 1 N–H and O–H groups in total. The van der Waals surface area contributed by atoms with Crippen LogP contribution in [0.1, 0.15) is 76.6 Å². The number of nitrogens with zero attached hydrogens (tertiary/aromatic N) is 3. The number of anilines is 3. The van der Waals surface area contributed by atoms with E-state index in [0.29, 0.717) is 5.56 Å². The number of pyridine rings is 2. The van der Waals surface area contributed by atoms with Gasteiger partial charge in [0.15, 0.2) is 0 Å². The molecule has 0 spiro atoms. The molecule has 0 amide bonds. The number of phenolic OH excluding ortho intramolecular Hbond substituents is 1. The van der Waals surface area contributed by atoms with Crippen LogP contribution in [0.3, 0.4) is 0 Å². The van der Waals surface area contributed by atoms with Crippen LogP contribution < -0.4 is 4.90 Å². The number of benzene rings is 5. The first-order chi connectivity index (χ1) is 25.9. The monoisotopic (exact) mass is 707 g/mol. The van der Waals surface area contributed by atoms with E-state index in [4.69, 9.17) is 9.97 Å². The van der Waals surface area contributed by atoms with Gasteiger partial charge in [0, 0.05) is 34.6 Å². The molecule has 4 heteroatoms. The number of aromatic nitrogens is 2. The molecule has 2 aromatic heterocycles. The summed E-state index contributed by atoms with van der Waals surface area (Å²) in [7, 11) is 0. The van der Waals surface area contributed by atoms with Gasteiger partial charge in [0.2, 0.25) is 0 Å². The Bertz CT molecular complexity index is 2360. The molecule has 7 aromatic rings. The highest BCUT2D eigenvalue weighted by molar-refractivity contribution is 5.83. The molecule has 270 valence electrons. The van der Waals surface area contributed by atoms with Gasteiger partial charge >= 0.3 is 0 Å². The predicted molar refractivity (Wildman–Crippen MR) is 226 cm³/mol. The zero-order valence-electron chi connectivity index (χ0n) is 32.4. The third-order valence-corrected chi connectivity index (χ3v) is 10.2. The molecule has 0 saturated heterocycles. The minimum absolute atomic E-state index is 0.158. The molecule has 0 fully saturated rings. The number of hydrogen-bond acceptors (Lipinski definition) is 4. The fourth-order valence-electron chi connectivity index (χ4n) is 7.04. The molecular formula is C50H49N3O. The van der Waals surface area contributed by atoms with E-state index >= 15 is 0 Å². The Hall–Kier alpha value is -6.00. The fourth-order valence-corrected chi connectivity index (χ4v) is 7.04. The van der Waals surface area contributed by atoms with Crippen LogP contribution in [0.5, 0.6) is 5.75 Å². The predicted octanol–water partition coefficient (Wildman–Crippen LogP) is 13.4. The van der Waals surface area contributed by atoms with Gasteiger partial charge in [-0.25, -0.2) is 9.97 Å². The van der Waals surface area contributed by atoms with E-state index in [2.05, 4.69) is 169 Å². The Labute approximate surface area is 320 Å². The lowest BCUT2D eigenvalue weighted by atomic mass is 9.84. The van der Waals surface area contributed by atoms with Gasteiger partial charge in [-0.1, -0.05) is 139 Å². The third kappa shape index (κ3) is 7.70. The molecule has 4 nitrogen and oxygen atoms in total. The van der Waals surface area contributed by atoms with Crippen molar-refractivity contribution in [2.24, 2.45) is 0 Å². The molecule has 0 aliphatic carbocycles. The first kappa shape index (κ1) is 36.4. The molecule has 0 radical (unpaired) electrons. The molecule has 1 unspecified atom stereocenters. The fraction of sp³-hybridized carbons (Fsp3) is 0.200. The average Bonchev–Trinajstić information content (AvgIpc) is 3.18. The summed E-state index contributed by atoms with van der Waals surface area (Å²) in [6, 6.07) is 52.9. The van der Waals surface area contributed by atoms with Crippen molar-refractivity contribution >= 4 is 17.2 Å². The Morgan fingerprint density at radius 1 is 0.537 bits per heavy atom. The lowest BCUT2D eigenvalue weighted by Crippen LogP contribution is -2.16. The van der Waals surface area contributed by atoms with E-state index in [1.54, 1.807) is 0 Å². The van der Waals surface area contributed by atoms with Gasteiger partial charge in [0.25, 0.3) is 0 Å². The highest BCUT2D eigenvalue weighted by Crippen LogP contribution is 2.42. The zero-order valence-corrected chi connectivity index (χ0v) is 32.4. The van der Waals surface area contributed by atoms with Crippen molar-refractivity contribution in [1.29, 1.82) is 0 Å². The van der Waals surface area contributed by atoms with Crippen LogP contribution in [-0.4, -0.2) is 15.1 Å². The van der Waals surface area contributed by atoms with Crippen molar-refractivity contribution in [3.05, 3.63) is 180 Å². The SMILES string of the molecule is CC(c1ccccc1)c1ccc(N(c2cc(-c3cc(-c4ccccc4)cc(-c4cccc(C(C)(C)C)c4O)n3)cc(C(C)(C)C)c2)c2ccccn2)cc1. The van der Waals surface area contributed by atoms with Crippen LogP contribution in [-0.2, 0) is 10.8 Å². The summed E-state index contributed by atoms with van der Waals surface area (Å²) < 4.78 is 0. The second-order valence-corrected chi connectivity index (χ2v) is 16.2. The summed E-state index contributed by atoms with van der Waals surface area (Å²) in [5, 5.41) is 11.7. The smallest absolute Gasteiger partial charge is 0.137 e. The molecule has 0 saturated carbocycles. The normalized spacial score (nSPS) is 12.4. The van der Waals surface area contributed by atoms with Crippen LogP contribution in [0.4, 0.5) is 17.2 Å². The van der Waals surface area contributed by atoms with E-state index < -0.39 is 0 Å². The number of hydrogen-bond donors (Lipinski definition) is 1. The second kappa shape index (κ2) is 14.8. The van der Waals surface area contributed by atoms with Crippen molar-refractivity contribution in [1.82, 2.24) is 9.97 Å². The van der Waals surface area contributed by atoms with Crippen molar-refractivity contribution in [2.75, 3.05) is 4.90 Å². The van der Waals surface area contributed by atoms with Gasteiger partial charge in [0.05, 0.1) is 11.4 Å². The molecular weight excluding hydrogens is 659 g/mol. The Morgan fingerprint density at radius 3 is 1.83 bits per heavy atom. The standard InChI is InChI=1S/C50H49N3O/c1-34(35-17-10-8-11-18-35)36-24-26-41(27-25-36)53(47-23-14-15-28-51-47)42-30-39(29-40(33-42)49(2,3)4)45-31-38(37-19-12-9-13-20-37)32-46(52-45)43-21-16-22-44(48(43)54)50(5,6)7/h8-34,54H,1-7H3. The number of aromatic hydroxyl groups is 1. The summed E-state index contributed by atoms with van der Waals surface area (Å²) in [5.41, 5.74) is 11.6. The van der Waals surface area contributed by atoms with Gasteiger partial charge in [0.1, 0.15) is 11.6 Å². The molecule has 7 rings (SSSR count). The molecule has 0 bridgehead atoms. The first-order valence-corrected chi connectivity index (χ1v) is 18.8. The highest BCUT2D eigenvalue weighted by Gasteiger charge is 2.24. The highest BCUT2D eigenvalue weighted by atomic mass is 16.3. The minimum atomic E-state index is -0.234. The summed E-state index contributed by atoms with van der Waals surface area (Å²) in [5.74, 6) is 1.36. The Kier molecular flexibility index (Phi) is 9.96. The van der Waals surface area contributed by atoms with E-state index in [-0.39, 0.29) is 22.5 Å². The first-order valence-electron chi connectivity index (χ1n) is 18.8. The molecule has 0 aliphatic rings. The summed E-state index contributed by atoms with van der Waals surface area (Å²) in [6.45, 7) is 15.4. The minimum Gasteiger partial charge on any atom is -0.507 e. The van der Waals surface area contributed by atoms with Crippen LogP contribution in [0.15, 0.2) is 158 Å². The van der Waals surface area contributed by atoms with E-state index in [1.165, 1.54) is 16.7 Å². The van der Waals surface area contributed by atoms with Gasteiger partial charge in [-0.05, 0) is 105 Å². The maximum atomic E-state index is 11.7. The Morgan fingerprint density at radius 2 is 1.19 bits per heavy atom. The zero-order chi connectivity index (χ0) is 38.0. The molecule has 0 aliphatic heterocycles. The number of rotatable bonds is 8. The molecule has 54 heavy (non-hydrogen) atoms. The molecule has 2 heterocycles. The van der Waals surface area contributed by atoms with Gasteiger partial charge in [-0.3, -0.25) is 4.90 Å². The van der Waals surface area contributed by atoms with Crippen LogP contribution in [0.2, 0.25) is 0 Å².